The first-order chi connectivity index (χ1) is 7.25. The van der Waals surface area contributed by atoms with Crippen LogP contribution in [0.4, 0.5) is 0 Å². The minimum Gasteiger partial charge on any atom is -0.305 e. The molecule has 0 fully saturated rings. The molecule has 0 radical (unpaired) electrons. The lowest BCUT2D eigenvalue weighted by Crippen LogP contribution is -2.12. The average molecular weight is 239 g/mol. The second-order valence-electron chi connectivity index (χ2n) is 3.33. The second kappa shape index (κ2) is 4.83. The highest BCUT2D eigenvalue weighted by molar-refractivity contribution is 7.11. The maximum atomic E-state index is 4.47. The quantitative estimate of drug-likeness (QED) is 0.891. The molecule has 0 aliphatic carbocycles. The number of aryl methyl sites for hydroxylation is 2. The molecule has 2 heterocycles. The van der Waals surface area contributed by atoms with Crippen molar-refractivity contribution in [1.82, 2.24) is 15.3 Å². The van der Waals surface area contributed by atoms with Gasteiger partial charge in [-0.05, 0) is 13.8 Å². The van der Waals surface area contributed by atoms with Crippen molar-refractivity contribution < 1.29 is 0 Å². The number of nitrogens with zero attached hydrogens (tertiary/aromatic N) is 2. The minimum atomic E-state index is 0.821. The fourth-order valence-electron chi connectivity index (χ4n) is 1.24. The van der Waals surface area contributed by atoms with Crippen LogP contribution in [0.2, 0.25) is 0 Å². The Kier molecular flexibility index (Phi) is 3.45. The van der Waals surface area contributed by atoms with E-state index >= 15 is 0 Å². The largest absolute Gasteiger partial charge is 0.305 e. The first-order valence-electron chi connectivity index (χ1n) is 4.76. The number of aromatic nitrogens is 2. The summed E-state index contributed by atoms with van der Waals surface area (Å²) >= 11 is 3.39. The van der Waals surface area contributed by atoms with E-state index in [0.29, 0.717) is 0 Å². The molecular weight excluding hydrogens is 226 g/mol. The zero-order chi connectivity index (χ0) is 10.7. The predicted octanol–water partition coefficient (Wildman–Crippen LogP) is 2.51. The van der Waals surface area contributed by atoms with Crippen LogP contribution in [0.5, 0.6) is 0 Å². The van der Waals surface area contributed by atoms with Gasteiger partial charge in [-0.2, -0.15) is 0 Å². The highest BCUT2D eigenvalue weighted by atomic mass is 32.1. The van der Waals surface area contributed by atoms with Crippen LogP contribution in [0.25, 0.3) is 0 Å². The fraction of sp³-hybridized carbons (Fsp3) is 0.400. The van der Waals surface area contributed by atoms with E-state index in [-0.39, 0.29) is 0 Å². The minimum absolute atomic E-state index is 0.821. The van der Waals surface area contributed by atoms with E-state index in [1.807, 2.05) is 5.51 Å². The lowest BCUT2D eigenvalue weighted by atomic mass is 10.4. The van der Waals surface area contributed by atoms with Gasteiger partial charge in [-0.3, -0.25) is 0 Å². The molecule has 0 aliphatic heterocycles. The Morgan fingerprint density at radius 1 is 1.33 bits per heavy atom. The third-order valence-electron chi connectivity index (χ3n) is 2.14. The second-order valence-corrected chi connectivity index (χ2v) is 5.34. The standard InChI is InChI=1S/C10H13N3S2/c1-7-8(2)15-10(13-7)4-11-3-9-5-14-6-12-9/h5-6,11H,3-4H2,1-2H3. The van der Waals surface area contributed by atoms with Gasteiger partial charge < -0.3 is 5.32 Å². The molecule has 0 saturated carbocycles. The van der Waals surface area contributed by atoms with E-state index in [4.69, 9.17) is 0 Å². The highest BCUT2D eigenvalue weighted by Crippen LogP contribution is 2.16. The van der Waals surface area contributed by atoms with Crippen LogP contribution in [0.1, 0.15) is 21.3 Å². The highest BCUT2D eigenvalue weighted by Gasteiger charge is 2.02. The molecule has 1 N–H and O–H groups in total. The van der Waals surface area contributed by atoms with Crippen LogP contribution < -0.4 is 5.32 Å². The fourth-order valence-corrected chi connectivity index (χ4v) is 2.70. The number of thiazole rings is 2. The normalized spacial score (nSPS) is 10.8. The molecule has 0 bridgehead atoms. The summed E-state index contributed by atoms with van der Waals surface area (Å²) in [4.78, 5) is 9.98. The van der Waals surface area contributed by atoms with Gasteiger partial charge in [-0.1, -0.05) is 0 Å². The van der Waals surface area contributed by atoms with Crippen molar-refractivity contribution in [2.45, 2.75) is 26.9 Å². The monoisotopic (exact) mass is 239 g/mol. The van der Waals surface area contributed by atoms with E-state index in [1.165, 1.54) is 4.88 Å². The van der Waals surface area contributed by atoms with E-state index in [9.17, 15) is 0 Å². The molecule has 2 rings (SSSR count). The summed E-state index contributed by atoms with van der Waals surface area (Å²) < 4.78 is 0. The number of hydrogen-bond acceptors (Lipinski definition) is 5. The summed E-state index contributed by atoms with van der Waals surface area (Å²) in [6, 6.07) is 0. The Hall–Kier alpha value is -0.780. The first kappa shape index (κ1) is 10.7. The summed E-state index contributed by atoms with van der Waals surface area (Å²) in [5.74, 6) is 0. The van der Waals surface area contributed by atoms with Gasteiger partial charge >= 0.3 is 0 Å². The molecule has 0 saturated heterocycles. The third-order valence-corrected chi connectivity index (χ3v) is 3.85. The van der Waals surface area contributed by atoms with Gasteiger partial charge in [0.2, 0.25) is 0 Å². The molecule has 0 aromatic carbocycles. The predicted molar refractivity (Wildman–Crippen MR) is 64.2 cm³/mol. The molecule has 5 heteroatoms. The lowest BCUT2D eigenvalue weighted by molar-refractivity contribution is 0.678. The Balaban J connectivity index is 1.83. The van der Waals surface area contributed by atoms with Gasteiger partial charge in [-0.15, -0.1) is 22.7 Å². The summed E-state index contributed by atoms with van der Waals surface area (Å²) in [5.41, 5.74) is 4.10. The first-order valence-corrected chi connectivity index (χ1v) is 6.52. The summed E-state index contributed by atoms with van der Waals surface area (Å²) in [6.45, 7) is 5.81. The number of hydrogen-bond donors (Lipinski definition) is 1. The summed E-state index contributed by atoms with van der Waals surface area (Å²) in [5, 5.41) is 6.55. The van der Waals surface area contributed by atoms with E-state index in [1.54, 1.807) is 22.7 Å². The van der Waals surface area contributed by atoms with Gasteiger partial charge in [0.25, 0.3) is 0 Å². The zero-order valence-electron chi connectivity index (χ0n) is 8.78. The molecule has 2 aromatic rings. The van der Waals surface area contributed by atoms with Crippen molar-refractivity contribution in [1.29, 1.82) is 0 Å². The van der Waals surface area contributed by atoms with Gasteiger partial charge in [0.05, 0.1) is 16.9 Å². The number of rotatable bonds is 4. The molecule has 80 valence electrons. The van der Waals surface area contributed by atoms with Crippen molar-refractivity contribution in [2.75, 3.05) is 0 Å². The van der Waals surface area contributed by atoms with Gasteiger partial charge in [0, 0.05) is 23.3 Å². The van der Waals surface area contributed by atoms with Gasteiger partial charge in [-0.25, -0.2) is 9.97 Å². The Labute approximate surface area is 97.2 Å². The number of nitrogens with one attached hydrogen (secondary N) is 1. The maximum Gasteiger partial charge on any atom is 0.107 e. The molecule has 3 nitrogen and oxygen atoms in total. The van der Waals surface area contributed by atoms with Crippen LogP contribution in [0.3, 0.4) is 0 Å². The molecule has 0 spiro atoms. The smallest absolute Gasteiger partial charge is 0.107 e. The van der Waals surface area contributed by atoms with Crippen LogP contribution in [-0.2, 0) is 13.1 Å². The van der Waals surface area contributed by atoms with Crippen molar-refractivity contribution in [2.24, 2.45) is 0 Å². The lowest BCUT2D eigenvalue weighted by Gasteiger charge is -1.98. The van der Waals surface area contributed by atoms with E-state index in [0.717, 1.165) is 29.5 Å². The average Bonchev–Trinajstić information content (AvgIpc) is 2.79. The molecule has 0 unspecified atom stereocenters. The summed E-state index contributed by atoms with van der Waals surface area (Å²) in [7, 11) is 0. The molecule has 0 atom stereocenters. The Bertz CT molecular complexity index is 400. The van der Waals surface area contributed by atoms with Gasteiger partial charge in [0.1, 0.15) is 5.01 Å². The van der Waals surface area contributed by atoms with Crippen molar-refractivity contribution >= 4 is 22.7 Å². The zero-order valence-corrected chi connectivity index (χ0v) is 10.4. The van der Waals surface area contributed by atoms with E-state index in [2.05, 4.69) is 34.5 Å². The van der Waals surface area contributed by atoms with Gasteiger partial charge in [0.15, 0.2) is 0 Å². The molecule has 15 heavy (non-hydrogen) atoms. The van der Waals surface area contributed by atoms with Crippen molar-refractivity contribution in [3.8, 4) is 0 Å². The Morgan fingerprint density at radius 2 is 2.20 bits per heavy atom. The Morgan fingerprint density at radius 3 is 2.80 bits per heavy atom. The van der Waals surface area contributed by atoms with Crippen molar-refractivity contribution in [3.63, 3.8) is 0 Å². The van der Waals surface area contributed by atoms with Crippen LogP contribution in [0, 0.1) is 13.8 Å². The van der Waals surface area contributed by atoms with Crippen molar-refractivity contribution in [3.05, 3.63) is 32.2 Å². The van der Waals surface area contributed by atoms with E-state index < -0.39 is 0 Å². The summed E-state index contributed by atoms with van der Waals surface area (Å²) in [6.07, 6.45) is 0. The van der Waals surface area contributed by atoms with Crippen LogP contribution in [0.15, 0.2) is 10.9 Å². The topological polar surface area (TPSA) is 37.8 Å². The molecule has 0 aliphatic rings. The van der Waals surface area contributed by atoms with Crippen LogP contribution >= 0.6 is 22.7 Å². The van der Waals surface area contributed by atoms with Crippen LogP contribution in [-0.4, -0.2) is 9.97 Å². The molecular formula is C10H13N3S2. The molecule has 0 amide bonds. The molecule has 2 aromatic heterocycles. The third kappa shape index (κ3) is 2.84. The maximum absolute atomic E-state index is 4.47. The SMILES string of the molecule is Cc1nc(CNCc2cscn2)sc1C.